The van der Waals surface area contributed by atoms with E-state index in [4.69, 9.17) is 0 Å². The quantitative estimate of drug-likeness (QED) is 0.136. The van der Waals surface area contributed by atoms with E-state index in [1.165, 1.54) is 31.4 Å². The van der Waals surface area contributed by atoms with Crippen LogP contribution in [0.4, 0.5) is 0 Å². The van der Waals surface area contributed by atoms with E-state index in [0.717, 1.165) is 66.0 Å². The van der Waals surface area contributed by atoms with Crippen LogP contribution in [0.2, 0.25) is 0 Å². The number of benzene rings is 3. The fraction of sp³-hybridized carbons (Fsp3) is 0.412. The van der Waals surface area contributed by atoms with Crippen LogP contribution in [0.5, 0.6) is 5.75 Å². The Hall–Kier alpha value is -3.40. The fourth-order valence-corrected chi connectivity index (χ4v) is 5.43. The van der Waals surface area contributed by atoms with Gasteiger partial charge >= 0.3 is 0 Å². The third-order valence-electron chi connectivity index (χ3n) is 7.82. The Morgan fingerprint density at radius 3 is 1.97 bits per heavy atom. The number of hydrogen-bond donors (Lipinski definition) is 1. The summed E-state index contributed by atoms with van der Waals surface area (Å²) in [6.45, 7) is 7.60. The van der Waals surface area contributed by atoms with E-state index in [2.05, 4.69) is 37.5 Å². The molecule has 0 saturated heterocycles. The lowest BCUT2D eigenvalue weighted by molar-refractivity contribution is 0.0978. The third-order valence-corrected chi connectivity index (χ3v) is 7.82. The molecule has 0 aliphatic carbocycles. The van der Waals surface area contributed by atoms with Gasteiger partial charge in [0.2, 0.25) is 0 Å². The molecule has 200 valence electrons. The lowest BCUT2D eigenvalue weighted by Crippen LogP contribution is -2.10. The molecule has 0 saturated carbocycles. The number of aromatic nitrogens is 1. The summed E-state index contributed by atoms with van der Waals surface area (Å²) in [5.41, 5.74) is 4.12. The molecule has 3 aromatic carbocycles. The van der Waals surface area contributed by atoms with Crippen LogP contribution in [-0.4, -0.2) is 21.2 Å². The first-order valence-electron chi connectivity index (χ1n) is 14.4. The average molecular weight is 512 g/mol. The number of carbonyl (C=O) groups excluding carboxylic acids is 2. The number of aromatic hydroxyl groups is 1. The second kappa shape index (κ2) is 12.9. The topological polar surface area (TPSA) is 59.3 Å². The Morgan fingerprint density at radius 1 is 0.737 bits per heavy atom. The van der Waals surface area contributed by atoms with Crippen LogP contribution in [0.1, 0.15) is 105 Å². The van der Waals surface area contributed by atoms with Crippen LogP contribution in [0, 0.1) is 5.92 Å². The molecule has 0 amide bonds. The number of phenols is 1. The van der Waals surface area contributed by atoms with E-state index in [-0.39, 0.29) is 17.3 Å². The normalized spacial score (nSPS) is 12.3. The first-order chi connectivity index (χ1) is 18.5. The van der Waals surface area contributed by atoms with Gasteiger partial charge < -0.3 is 9.67 Å². The summed E-state index contributed by atoms with van der Waals surface area (Å²) < 4.78 is 2.39. The van der Waals surface area contributed by atoms with Gasteiger partial charge in [-0.05, 0) is 79.4 Å². The van der Waals surface area contributed by atoms with E-state index in [1.807, 2.05) is 24.3 Å². The summed E-state index contributed by atoms with van der Waals surface area (Å²) in [5, 5.41) is 11.7. The third kappa shape index (κ3) is 6.18. The fourth-order valence-electron chi connectivity index (χ4n) is 5.43. The van der Waals surface area contributed by atoms with Gasteiger partial charge in [0.25, 0.3) is 0 Å². The van der Waals surface area contributed by atoms with Gasteiger partial charge in [-0.25, -0.2) is 0 Å². The first kappa shape index (κ1) is 27.6. The standard InChI is InChI=1S/C34H41NO3/c1-4-7-9-10-12-33(37)26-15-19-31-29(21-26)30-22-27(34(38)25-13-17-28(36)18-14-25)16-20-32(30)35(31)23-24(6-3)11-8-5-2/h13-22,24,36H,4-12,23H2,1-3H3. The number of carbonyl (C=O) groups is 2. The number of phenolic OH excluding ortho intramolecular Hbond substituents is 1. The number of fused-ring (bicyclic) bond motifs is 3. The van der Waals surface area contributed by atoms with Gasteiger partial charge in [-0.2, -0.15) is 0 Å². The minimum Gasteiger partial charge on any atom is -0.508 e. The highest BCUT2D eigenvalue weighted by Gasteiger charge is 2.18. The van der Waals surface area contributed by atoms with Gasteiger partial charge in [0, 0.05) is 51.5 Å². The van der Waals surface area contributed by atoms with Crippen LogP contribution < -0.4 is 0 Å². The summed E-state index contributed by atoms with van der Waals surface area (Å²) in [7, 11) is 0. The Bertz CT molecular complexity index is 1400. The van der Waals surface area contributed by atoms with Crippen LogP contribution in [0.25, 0.3) is 21.8 Å². The molecular weight excluding hydrogens is 470 g/mol. The minimum absolute atomic E-state index is 0.0784. The number of rotatable bonds is 14. The molecule has 4 nitrogen and oxygen atoms in total. The Kier molecular flexibility index (Phi) is 9.38. The predicted octanol–water partition coefficient (Wildman–Crippen LogP) is 9.10. The van der Waals surface area contributed by atoms with Crippen molar-refractivity contribution in [2.75, 3.05) is 0 Å². The summed E-state index contributed by atoms with van der Waals surface area (Å²) in [6, 6.07) is 18.4. The largest absolute Gasteiger partial charge is 0.508 e. The van der Waals surface area contributed by atoms with E-state index >= 15 is 0 Å². The molecule has 38 heavy (non-hydrogen) atoms. The van der Waals surface area contributed by atoms with Crippen molar-refractivity contribution in [3.05, 3.63) is 77.4 Å². The van der Waals surface area contributed by atoms with Crippen molar-refractivity contribution in [2.24, 2.45) is 5.92 Å². The zero-order chi connectivity index (χ0) is 27.1. The van der Waals surface area contributed by atoms with Crippen LogP contribution in [0.15, 0.2) is 60.7 Å². The number of nitrogens with zero attached hydrogens (tertiary/aromatic N) is 1. The number of Topliss-reactive ketones (excluding diaryl/α,β-unsaturated/α-hetero) is 1. The smallest absolute Gasteiger partial charge is 0.193 e. The van der Waals surface area contributed by atoms with Gasteiger partial charge in [0.15, 0.2) is 11.6 Å². The van der Waals surface area contributed by atoms with Crippen molar-refractivity contribution in [1.82, 2.24) is 4.57 Å². The maximum atomic E-state index is 13.3. The zero-order valence-corrected chi connectivity index (χ0v) is 23.1. The summed E-state index contributed by atoms with van der Waals surface area (Å²) >= 11 is 0. The van der Waals surface area contributed by atoms with Crippen LogP contribution in [-0.2, 0) is 6.54 Å². The molecule has 1 heterocycles. The monoisotopic (exact) mass is 511 g/mol. The SMILES string of the molecule is CCCCCCC(=O)c1ccc2c(c1)c1cc(C(=O)c3ccc(O)cc3)ccc1n2CC(CC)CCCC. The molecule has 0 spiro atoms. The molecule has 0 aliphatic heterocycles. The molecule has 0 aliphatic rings. The van der Waals surface area contributed by atoms with Crippen molar-refractivity contribution in [1.29, 1.82) is 0 Å². The molecule has 0 fully saturated rings. The van der Waals surface area contributed by atoms with Gasteiger partial charge in [0.1, 0.15) is 5.75 Å². The van der Waals surface area contributed by atoms with Crippen molar-refractivity contribution in [2.45, 2.75) is 85.1 Å². The molecular formula is C34H41NO3. The second-order valence-electron chi connectivity index (χ2n) is 10.6. The highest BCUT2D eigenvalue weighted by molar-refractivity contribution is 6.15. The molecule has 1 atom stereocenters. The molecule has 0 bridgehead atoms. The van der Waals surface area contributed by atoms with E-state index in [0.29, 0.717) is 23.5 Å². The average Bonchev–Trinajstić information content (AvgIpc) is 3.25. The highest BCUT2D eigenvalue weighted by atomic mass is 16.3. The van der Waals surface area contributed by atoms with Crippen LogP contribution in [0.3, 0.4) is 0 Å². The lowest BCUT2D eigenvalue weighted by atomic mass is 9.99. The minimum atomic E-state index is -0.0784. The lowest BCUT2D eigenvalue weighted by Gasteiger charge is -2.17. The number of hydrogen-bond acceptors (Lipinski definition) is 3. The highest BCUT2D eigenvalue weighted by Crippen LogP contribution is 2.33. The van der Waals surface area contributed by atoms with E-state index < -0.39 is 0 Å². The molecule has 4 aromatic rings. The molecule has 0 radical (unpaired) electrons. The predicted molar refractivity (Wildman–Crippen MR) is 157 cm³/mol. The van der Waals surface area contributed by atoms with Gasteiger partial charge in [-0.15, -0.1) is 0 Å². The Labute approximate surface area is 226 Å². The summed E-state index contributed by atoms with van der Waals surface area (Å²) in [6.07, 6.45) is 9.62. The Morgan fingerprint density at radius 2 is 1.34 bits per heavy atom. The number of ketones is 2. The van der Waals surface area contributed by atoms with Crippen molar-refractivity contribution >= 4 is 33.4 Å². The molecule has 1 unspecified atom stereocenters. The van der Waals surface area contributed by atoms with Crippen molar-refractivity contribution in [3.63, 3.8) is 0 Å². The first-order valence-corrected chi connectivity index (χ1v) is 14.4. The maximum Gasteiger partial charge on any atom is 0.193 e. The van der Waals surface area contributed by atoms with Crippen molar-refractivity contribution < 1.29 is 14.7 Å². The molecule has 4 heteroatoms. The summed E-state index contributed by atoms with van der Waals surface area (Å²) in [5.74, 6) is 0.826. The molecule has 1 N–H and O–H groups in total. The van der Waals surface area contributed by atoms with Gasteiger partial charge in [-0.1, -0.05) is 59.3 Å². The maximum absolute atomic E-state index is 13.3. The van der Waals surface area contributed by atoms with Gasteiger partial charge in [0.05, 0.1) is 0 Å². The van der Waals surface area contributed by atoms with E-state index in [1.54, 1.807) is 12.1 Å². The van der Waals surface area contributed by atoms with Crippen molar-refractivity contribution in [3.8, 4) is 5.75 Å². The second-order valence-corrected chi connectivity index (χ2v) is 10.6. The Balaban J connectivity index is 1.77. The number of unbranched alkanes of at least 4 members (excludes halogenated alkanes) is 4. The van der Waals surface area contributed by atoms with Crippen LogP contribution >= 0.6 is 0 Å². The molecule has 4 rings (SSSR count). The summed E-state index contributed by atoms with van der Waals surface area (Å²) in [4.78, 5) is 26.3. The zero-order valence-electron chi connectivity index (χ0n) is 23.1. The molecule has 1 aromatic heterocycles. The van der Waals surface area contributed by atoms with Gasteiger partial charge in [-0.3, -0.25) is 9.59 Å². The van der Waals surface area contributed by atoms with E-state index in [9.17, 15) is 14.7 Å².